The van der Waals surface area contributed by atoms with Gasteiger partial charge < -0.3 is 14.0 Å². The molecular weight excluding hydrogens is 424 g/mol. The van der Waals surface area contributed by atoms with Gasteiger partial charge in [0.2, 0.25) is 5.75 Å². The van der Waals surface area contributed by atoms with Crippen LogP contribution in [0.4, 0.5) is 10.1 Å². The van der Waals surface area contributed by atoms with Gasteiger partial charge >= 0.3 is 5.69 Å². The van der Waals surface area contributed by atoms with Gasteiger partial charge in [0.05, 0.1) is 18.1 Å². The second kappa shape index (κ2) is 9.45. The molecule has 0 saturated heterocycles. The van der Waals surface area contributed by atoms with Crippen LogP contribution in [-0.2, 0) is 22.0 Å². The summed E-state index contributed by atoms with van der Waals surface area (Å²) in [5, 5.41) is 11.6. The minimum absolute atomic E-state index is 0.101. The van der Waals surface area contributed by atoms with Crippen LogP contribution in [0.3, 0.4) is 0 Å². The number of hydrogen-bond donors (Lipinski definition) is 1. The number of fused-ring (bicyclic) bond motifs is 1. The Bertz CT molecular complexity index is 1090. The Morgan fingerprint density at radius 3 is 2.77 bits per heavy atom. The lowest BCUT2D eigenvalue weighted by Crippen LogP contribution is -2.19. The van der Waals surface area contributed by atoms with Crippen LogP contribution >= 0.6 is 8.30 Å². The molecule has 2 heterocycles. The van der Waals surface area contributed by atoms with Gasteiger partial charge in [0.25, 0.3) is 5.95 Å². The van der Waals surface area contributed by atoms with Crippen LogP contribution in [0.25, 0.3) is 0 Å². The predicted octanol–water partition coefficient (Wildman–Crippen LogP) is 4.98. The average molecular weight is 443 g/mol. The number of nitrogens with two attached hydrogens (primary N) is 1. The molecule has 31 heavy (non-hydrogen) atoms. The molecule has 0 aliphatic carbocycles. The standard InChI is InChI=1S/C21H19FN3O5P/c22-21-18(7-4-8-24-21)29-19-10-16-15(9-17(19)25(26)27)11-28-12-20(16)30-31(23)13-14-5-2-1-3-6-14/h1-10,20H,11-13,23H2. The summed E-state index contributed by atoms with van der Waals surface area (Å²) in [6, 6.07) is 15.4. The molecule has 0 amide bonds. The van der Waals surface area contributed by atoms with E-state index in [1.165, 1.54) is 30.5 Å². The van der Waals surface area contributed by atoms with E-state index in [1.54, 1.807) is 0 Å². The first-order chi connectivity index (χ1) is 15.0. The minimum Gasteiger partial charge on any atom is -0.445 e. The Morgan fingerprint density at radius 1 is 1.23 bits per heavy atom. The molecule has 0 bridgehead atoms. The molecule has 4 rings (SSSR count). The van der Waals surface area contributed by atoms with Crippen molar-refractivity contribution in [2.45, 2.75) is 18.9 Å². The largest absolute Gasteiger partial charge is 0.445 e. The Balaban J connectivity index is 1.61. The normalized spacial score (nSPS) is 16.4. The van der Waals surface area contributed by atoms with Crippen molar-refractivity contribution in [2.24, 2.45) is 5.50 Å². The maximum absolute atomic E-state index is 13.9. The fourth-order valence-corrected chi connectivity index (χ4v) is 4.41. The van der Waals surface area contributed by atoms with Gasteiger partial charge in [-0.2, -0.15) is 4.39 Å². The molecule has 10 heteroatoms. The molecule has 1 aliphatic rings. The molecule has 3 aromatic rings. The Morgan fingerprint density at radius 2 is 2.03 bits per heavy atom. The molecule has 160 valence electrons. The topological polar surface area (TPSA) is 110 Å². The number of aromatic nitrogens is 1. The Kier molecular flexibility index (Phi) is 6.48. The fourth-order valence-electron chi connectivity index (χ4n) is 3.26. The van der Waals surface area contributed by atoms with Gasteiger partial charge in [-0.1, -0.05) is 30.3 Å². The zero-order valence-electron chi connectivity index (χ0n) is 16.3. The second-order valence-electron chi connectivity index (χ2n) is 6.84. The van der Waals surface area contributed by atoms with E-state index in [-0.39, 0.29) is 30.4 Å². The van der Waals surface area contributed by atoms with E-state index in [0.29, 0.717) is 17.3 Å². The van der Waals surface area contributed by atoms with Gasteiger partial charge in [-0.3, -0.25) is 15.6 Å². The van der Waals surface area contributed by atoms with Gasteiger partial charge in [-0.25, -0.2) is 4.98 Å². The summed E-state index contributed by atoms with van der Waals surface area (Å²) in [5.41, 5.74) is 8.26. The highest BCUT2D eigenvalue weighted by Gasteiger charge is 2.29. The third kappa shape index (κ3) is 5.03. The summed E-state index contributed by atoms with van der Waals surface area (Å²) in [6.45, 7) is 0.440. The summed E-state index contributed by atoms with van der Waals surface area (Å²) in [6.07, 6.45) is 1.30. The summed E-state index contributed by atoms with van der Waals surface area (Å²) >= 11 is 0. The Hall–Kier alpha value is -2.97. The van der Waals surface area contributed by atoms with E-state index < -0.39 is 25.3 Å². The monoisotopic (exact) mass is 443 g/mol. The number of nitrogens with zero attached hydrogens (tertiary/aromatic N) is 2. The molecule has 2 aromatic carbocycles. The molecule has 8 nitrogen and oxygen atoms in total. The second-order valence-corrected chi connectivity index (χ2v) is 8.20. The van der Waals surface area contributed by atoms with E-state index >= 15 is 0 Å². The fraction of sp³-hybridized carbons (Fsp3) is 0.190. The van der Waals surface area contributed by atoms with E-state index in [2.05, 4.69) is 4.98 Å². The van der Waals surface area contributed by atoms with Crippen molar-refractivity contribution < 1.29 is 23.3 Å². The first-order valence-electron chi connectivity index (χ1n) is 9.41. The summed E-state index contributed by atoms with van der Waals surface area (Å²) in [5.74, 6) is -1.17. The van der Waals surface area contributed by atoms with Gasteiger partial charge in [0, 0.05) is 18.4 Å². The zero-order chi connectivity index (χ0) is 21.8. The van der Waals surface area contributed by atoms with Crippen LogP contribution in [-0.4, -0.2) is 16.5 Å². The summed E-state index contributed by atoms with van der Waals surface area (Å²) in [4.78, 5) is 14.5. The third-order valence-corrected chi connectivity index (χ3v) is 5.88. The third-order valence-electron chi connectivity index (χ3n) is 4.68. The molecule has 2 atom stereocenters. The number of pyridine rings is 1. The first-order valence-corrected chi connectivity index (χ1v) is 10.9. The van der Waals surface area contributed by atoms with E-state index in [9.17, 15) is 14.5 Å². The lowest BCUT2D eigenvalue weighted by atomic mass is 9.99. The van der Waals surface area contributed by atoms with Crippen molar-refractivity contribution in [1.82, 2.24) is 4.98 Å². The number of benzene rings is 2. The highest BCUT2D eigenvalue weighted by atomic mass is 31.2. The van der Waals surface area contributed by atoms with Crippen LogP contribution in [0.15, 0.2) is 60.8 Å². The van der Waals surface area contributed by atoms with Crippen LogP contribution < -0.4 is 10.2 Å². The van der Waals surface area contributed by atoms with Crippen molar-refractivity contribution in [3.8, 4) is 11.5 Å². The Labute approximate surface area is 178 Å². The van der Waals surface area contributed by atoms with Crippen molar-refractivity contribution >= 4 is 14.0 Å². The molecule has 2 N–H and O–H groups in total. The molecule has 2 unspecified atom stereocenters. The maximum Gasteiger partial charge on any atom is 0.311 e. The van der Waals surface area contributed by atoms with E-state index in [0.717, 1.165) is 5.56 Å². The molecule has 0 saturated carbocycles. The molecular formula is C21H19FN3O5P. The maximum atomic E-state index is 13.9. The smallest absolute Gasteiger partial charge is 0.311 e. The highest BCUT2D eigenvalue weighted by molar-refractivity contribution is 7.49. The molecule has 0 spiro atoms. The quantitative estimate of drug-likeness (QED) is 0.237. The van der Waals surface area contributed by atoms with Gasteiger partial charge in [-0.15, -0.1) is 0 Å². The minimum atomic E-state index is -1.31. The molecule has 1 aliphatic heterocycles. The van der Waals surface area contributed by atoms with Crippen molar-refractivity contribution in [3.63, 3.8) is 0 Å². The van der Waals surface area contributed by atoms with Gasteiger partial charge in [0.1, 0.15) is 14.4 Å². The van der Waals surface area contributed by atoms with Crippen LogP contribution in [0.5, 0.6) is 11.5 Å². The predicted molar refractivity (Wildman–Crippen MR) is 112 cm³/mol. The summed E-state index contributed by atoms with van der Waals surface area (Å²) in [7, 11) is -1.31. The van der Waals surface area contributed by atoms with Crippen LogP contribution in [0.1, 0.15) is 22.8 Å². The lowest BCUT2D eigenvalue weighted by molar-refractivity contribution is -0.385. The number of rotatable bonds is 7. The first kappa shape index (κ1) is 21.3. The van der Waals surface area contributed by atoms with Crippen molar-refractivity contribution in [3.05, 3.63) is 93.5 Å². The lowest BCUT2D eigenvalue weighted by Gasteiger charge is -2.28. The van der Waals surface area contributed by atoms with E-state index in [1.807, 2.05) is 30.3 Å². The van der Waals surface area contributed by atoms with Crippen molar-refractivity contribution in [2.75, 3.05) is 6.61 Å². The van der Waals surface area contributed by atoms with Crippen molar-refractivity contribution in [1.29, 1.82) is 0 Å². The highest BCUT2D eigenvalue weighted by Crippen LogP contribution is 2.44. The SMILES string of the molecule is NP(Cc1ccccc1)OC1COCc2cc([N+](=O)[O-])c(Oc3cccnc3F)cc21. The molecule has 0 fully saturated rings. The average Bonchev–Trinajstić information content (AvgIpc) is 2.76. The van der Waals surface area contributed by atoms with E-state index in [4.69, 9.17) is 19.5 Å². The zero-order valence-corrected chi connectivity index (χ0v) is 17.2. The van der Waals surface area contributed by atoms with Crippen LogP contribution in [0.2, 0.25) is 0 Å². The van der Waals surface area contributed by atoms with Crippen LogP contribution in [0, 0.1) is 16.1 Å². The summed E-state index contributed by atoms with van der Waals surface area (Å²) < 4.78 is 31.1. The number of ether oxygens (including phenoxy) is 2. The number of nitro groups is 1. The molecule has 0 radical (unpaired) electrons. The molecule has 1 aromatic heterocycles. The number of hydrogen-bond acceptors (Lipinski definition) is 7. The number of halogens is 1. The number of nitro benzene ring substituents is 1. The van der Waals surface area contributed by atoms with Gasteiger partial charge in [-0.05, 0) is 34.9 Å². The van der Waals surface area contributed by atoms with Gasteiger partial charge in [0.15, 0.2) is 5.75 Å².